The molecule has 0 radical (unpaired) electrons. The average molecular weight is 284 g/mol. The van der Waals surface area contributed by atoms with Crippen LogP contribution in [-0.4, -0.2) is 23.5 Å². The first-order chi connectivity index (χ1) is 10.1. The number of ketones is 1. The molecule has 5 nitrogen and oxygen atoms in total. The predicted octanol–water partition coefficient (Wildman–Crippen LogP) is 2.54. The highest BCUT2D eigenvalue weighted by Gasteiger charge is 2.21. The van der Waals surface area contributed by atoms with Gasteiger partial charge in [-0.2, -0.15) is 0 Å². The van der Waals surface area contributed by atoms with Crippen molar-refractivity contribution in [3.05, 3.63) is 59.2 Å². The van der Waals surface area contributed by atoms with Crippen LogP contribution in [-0.2, 0) is 6.61 Å². The van der Waals surface area contributed by atoms with Gasteiger partial charge >= 0.3 is 5.97 Å². The molecule has 0 saturated carbocycles. The largest absolute Gasteiger partial charge is 0.489 e. The Bertz CT molecular complexity index is 720. The summed E-state index contributed by atoms with van der Waals surface area (Å²) in [5.41, 5.74) is 1.35. The van der Waals surface area contributed by atoms with E-state index in [2.05, 4.69) is 0 Å². The lowest BCUT2D eigenvalue weighted by Gasteiger charge is -2.09. The normalized spacial score (nSPS) is 12.7. The molecule has 0 saturated heterocycles. The molecule has 0 atom stereocenters. The fourth-order valence-electron chi connectivity index (χ4n) is 2.18. The van der Waals surface area contributed by atoms with Crippen molar-refractivity contribution >= 4 is 11.8 Å². The van der Waals surface area contributed by atoms with Gasteiger partial charge in [-0.25, -0.2) is 4.79 Å². The quantitative estimate of drug-likeness (QED) is 0.934. The van der Waals surface area contributed by atoms with Crippen molar-refractivity contribution in [3.63, 3.8) is 0 Å². The fourth-order valence-corrected chi connectivity index (χ4v) is 2.18. The lowest BCUT2D eigenvalue weighted by molar-refractivity contribution is 0.0693. The van der Waals surface area contributed by atoms with Crippen LogP contribution in [0.5, 0.6) is 11.5 Å². The monoisotopic (exact) mass is 284 g/mol. The number of benzene rings is 2. The molecule has 0 amide bonds. The van der Waals surface area contributed by atoms with E-state index in [1.807, 2.05) is 0 Å². The van der Waals surface area contributed by atoms with Crippen LogP contribution in [0.3, 0.4) is 0 Å². The number of ether oxygens (including phenoxy) is 2. The Balaban J connectivity index is 1.77. The molecule has 0 aromatic heterocycles. The summed E-state index contributed by atoms with van der Waals surface area (Å²) in [6, 6.07) is 11.6. The van der Waals surface area contributed by atoms with Crippen molar-refractivity contribution < 1.29 is 24.2 Å². The highest BCUT2D eigenvalue weighted by Crippen LogP contribution is 2.29. The highest BCUT2D eigenvalue weighted by atomic mass is 16.5. The van der Waals surface area contributed by atoms with Crippen LogP contribution in [0.1, 0.15) is 26.3 Å². The summed E-state index contributed by atoms with van der Waals surface area (Å²) in [7, 11) is 0. The van der Waals surface area contributed by atoms with Crippen molar-refractivity contribution in [1.82, 2.24) is 0 Å². The number of fused-ring (bicyclic) bond motifs is 1. The van der Waals surface area contributed by atoms with Crippen LogP contribution < -0.4 is 9.47 Å². The first-order valence-corrected chi connectivity index (χ1v) is 6.39. The van der Waals surface area contributed by atoms with Crippen LogP contribution in [0.2, 0.25) is 0 Å². The minimum absolute atomic E-state index is 0.0484. The number of hydrogen-bond acceptors (Lipinski definition) is 4. The minimum atomic E-state index is -0.989. The molecule has 1 aliphatic heterocycles. The Labute approximate surface area is 120 Å². The summed E-state index contributed by atoms with van der Waals surface area (Å²) in [6.07, 6.45) is 0. The molecule has 1 N–H and O–H groups in total. The number of carbonyl (C=O) groups is 2. The Kier molecular flexibility index (Phi) is 3.31. The summed E-state index contributed by atoms with van der Waals surface area (Å²) in [5.74, 6) is -0.00230. The number of carbonyl (C=O) groups excluding carboxylic acids is 1. The predicted molar refractivity (Wildman–Crippen MR) is 74.0 cm³/mol. The Morgan fingerprint density at radius 3 is 2.86 bits per heavy atom. The number of aromatic carboxylic acids is 1. The first-order valence-electron chi connectivity index (χ1n) is 6.39. The smallest absolute Gasteiger partial charge is 0.336 e. The zero-order valence-electron chi connectivity index (χ0n) is 11.0. The third-order valence-corrected chi connectivity index (χ3v) is 3.25. The highest BCUT2D eigenvalue weighted by molar-refractivity contribution is 6.02. The Morgan fingerprint density at radius 2 is 2.05 bits per heavy atom. The van der Waals surface area contributed by atoms with Crippen molar-refractivity contribution in [1.29, 1.82) is 0 Å². The van der Waals surface area contributed by atoms with Gasteiger partial charge < -0.3 is 14.6 Å². The third-order valence-electron chi connectivity index (χ3n) is 3.25. The van der Waals surface area contributed by atoms with Crippen LogP contribution in [0.15, 0.2) is 42.5 Å². The molecular weight excluding hydrogens is 272 g/mol. The van der Waals surface area contributed by atoms with Gasteiger partial charge in [0, 0.05) is 11.6 Å². The van der Waals surface area contributed by atoms with Gasteiger partial charge in [-0.15, -0.1) is 0 Å². The van der Waals surface area contributed by atoms with E-state index in [4.69, 9.17) is 14.6 Å². The maximum Gasteiger partial charge on any atom is 0.336 e. The van der Waals surface area contributed by atoms with E-state index in [-0.39, 0.29) is 24.6 Å². The van der Waals surface area contributed by atoms with Crippen molar-refractivity contribution in [2.24, 2.45) is 0 Å². The number of carboxylic acids is 1. The molecule has 5 heteroatoms. The fraction of sp³-hybridized carbons (Fsp3) is 0.125. The number of hydrogen-bond donors (Lipinski definition) is 1. The Hall–Kier alpha value is -2.82. The van der Waals surface area contributed by atoms with E-state index < -0.39 is 5.97 Å². The molecule has 1 heterocycles. The van der Waals surface area contributed by atoms with Gasteiger partial charge in [0.05, 0.1) is 11.1 Å². The van der Waals surface area contributed by atoms with Crippen molar-refractivity contribution in [2.45, 2.75) is 6.61 Å². The summed E-state index contributed by atoms with van der Waals surface area (Å²) in [6.45, 7) is 0.190. The zero-order valence-corrected chi connectivity index (χ0v) is 11.0. The second-order valence-electron chi connectivity index (χ2n) is 4.62. The van der Waals surface area contributed by atoms with Crippen molar-refractivity contribution in [3.8, 4) is 11.5 Å². The van der Waals surface area contributed by atoms with Gasteiger partial charge in [-0.05, 0) is 18.2 Å². The Morgan fingerprint density at radius 1 is 1.24 bits per heavy atom. The second-order valence-corrected chi connectivity index (χ2v) is 4.62. The lowest BCUT2D eigenvalue weighted by Crippen LogP contribution is -2.05. The van der Waals surface area contributed by atoms with Crippen LogP contribution >= 0.6 is 0 Å². The molecule has 0 bridgehead atoms. The molecule has 106 valence electrons. The van der Waals surface area contributed by atoms with Gasteiger partial charge in [0.15, 0.2) is 6.61 Å². The summed E-state index contributed by atoms with van der Waals surface area (Å²) in [4.78, 5) is 22.6. The van der Waals surface area contributed by atoms with Gasteiger partial charge in [-0.1, -0.05) is 18.2 Å². The van der Waals surface area contributed by atoms with E-state index in [0.717, 1.165) is 0 Å². The summed E-state index contributed by atoms with van der Waals surface area (Å²) >= 11 is 0. The summed E-state index contributed by atoms with van der Waals surface area (Å²) in [5, 5.41) is 9.11. The number of Topliss-reactive ketones (excluding diaryl/α,β-unsaturated/α-hetero) is 1. The topological polar surface area (TPSA) is 72.8 Å². The lowest BCUT2D eigenvalue weighted by atomic mass is 10.1. The van der Waals surface area contributed by atoms with E-state index in [1.54, 1.807) is 36.4 Å². The molecule has 2 aromatic carbocycles. The average Bonchev–Trinajstić information content (AvgIpc) is 2.86. The molecule has 0 fully saturated rings. The third kappa shape index (κ3) is 2.58. The van der Waals surface area contributed by atoms with Crippen LogP contribution in [0, 0.1) is 0 Å². The number of carboxylic acid groups (broad SMARTS) is 1. The summed E-state index contributed by atoms with van der Waals surface area (Å²) < 4.78 is 10.8. The van der Waals surface area contributed by atoms with E-state index in [1.165, 1.54) is 6.07 Å². The first kappa shape index (κ1) is 13.2. The molecular formula is C16H12O5. The van der Waals surface area contributed by atoms with Crippen LogP contribution in [0.25, 0.3) is 0 Å². The standard InChI is InChI=1S/C16H12O5/c17-14-9-21-15-7-11(5-6-13(14)15)20-8-10-3-1-2-4-12(10)16(18)19/h1-7H,8-9H2,(H,18,19). The van der Waals surface area contributed by atoms with Gasteiger partial charge in [0.25, 0.3) is 0 Å². The second kappa shape index (κ2) is 5.28. The van der Waals surface area contributed by atoms with Gasteiger partial charge in [0.1, 0.15) is 18.1 Å². The van der Waals surface area contributed by atoms with Gasteiger partial charge in [-0.3, -0.25) is 4.79 Å². The molecule has 2 aromatic rings. The molecule has 1 aliphatic rings. The minimum Gasteiger partial charge on any atom is -0.489 e. The maximum absolute atomic E-state index is 11.4. The van der Waals surface area contributed by atoms with Crippen LogP contribution in [0.4, 0.5) is 0 Å². The number of rotatable bonds is 4. The SMILES string of the molecule is O=C(O)c1ccccc1COc1ccc2c(c1)OCC2=O. The van der Waals surface area contributed by atoms with Crippen molar-refractivity contribution in [2.75, 3.05) is 6.61 Å². The van der Waals surface area contributed by atoms with E-state index in [9.17, 15) is 9.59 Å². The maximum atomic E-state index is 11.4. The van der Waals surface area contributed by atoms with Gasteiger partial charge in [0.2, 0.25) is 5.78 Å². The van der Waals surface area contributed by atoms with E-state index >= 15 is 0 Å². The molecule has 0 spiro atoms. The molecule has 3 rings (SSSR count). The molecule has 0 aliphatic carbocycles. The molecule has 0 unspecified atom stereocenters. The van der Waals surface area contributed by atoms with E-state index in [0.29, 0.717) is 22.6 Å². The molecule has 21 heavy (non-hydrogen) atoms. The zero-order chi connectivity index (χ0) is 14.8.